The van der Waals surface area contributed by atoms with Crippen LogP contribution in [0.2, 0.25) is 0 Å². The van der Waals surface area contributed by atoms with Crippen molar-refractivity contribution in [1.29, 1.82) is 0 Å². The normalized spacial score (nSPS) is 17.3. The summed E-state index contributed by atoms with van der Waals surface area (Å²) in [7, 11) is -0.498. The van der Waals surface area contributed by atoms with E-state index >= 15 is 0 Å². The summed E-state index contributed by atoms with van der Waals surface area (Å²) in [5.74, 6) is -0.336. The molecule has 0 radical (unpaired) electrons. The molecular weight excluding hydrogens is 342 g/mol. The molecule has 8 nitrogen and oxygen atoms in total. The van der Waals surface area contributed by atoms with Crippen LogP contribution in [0.4, 0.5) is 0 Å². The number of amides is 1. The molecule has 0 unspecified atom stereocenters. The SMILES string of the molecule is CN(CC(=O)N[C@H]1CCCc2nn(C)cc21)S(=O)(=O)c1cccnc1. The van der Waals surface area contributed by atoms with Gasteiger partial charge in [-0.05, 0) is 31.4 Å². The third kappa shape index (κ3) is 3.72. The van der Waals surface area contributed by atoms with Crippen molar-refractivity contribution in [3.63, 3.8) is 0 Å². The van der Waals surface area contributed by atoms with Crippen molar-refractivity contribution in [2.75, 3.05) is 13.6 Å². The molecule has 134 valence electrons. The van der Waals surface area contributed by atoms with Crippen LogP contribution in [0.15, 0.2) is 35.6 Å². The number of likely N-dealkylation sites (N-methyl/N-ethyl adjacent to an activating group) is 1. The molecule has 0 bridgehead atoms. The van der Waals surface area contributed by atoms with Crippen LogP contribution >= 0.6 is 0 Å². The molecular formula is C16H21N5O3S. The zero-order chi connectivity index (χ0) is 18.0. The van der Waals surface area contributed by atoms with Crippen LogP contribution in [-0.4, -0.2) is 47.0 Å². The number of carbonyl (C=O) groups is 1. The maximum Gasteiger partial charge on any atom is 0.244 e. The second kappa shape index (κ2) is 6.93. The Morgan fingerprint density at radius 3 is 3.00 bits per heavy atom. The minimum atomic E-state index is -3.74. The second-order valence-electron chi connectivity index (χ2n) is 6.17. The lowest BCUT2D eigenvalue weighted by atomic mass is 9.93. The van der Waals surface area contributed by atoms with Crippen molar-refractivity contribution < 1.29 is 13.2 Å². The lowest BCUT2D eigenvalue weighted by Crippen LogP contribution is -2.40. The summed E-state index contributed by atoms with van der Waals surface area (Å²) in [5, 5.41) is 7.33. The topological polar surface area (TPSA) is 97.2 Å². The van der Waals surface area contributed by atoms with Crippen molar-refractivity contribution in [2.45, 2.75) is 30.2 Å². The first-order valence-electron chi connectivity index (χ1n) is 8.06. The third-order valence-electron chi connectivity index (χ3n) is 4.26. The first-order valence-corrected chi connectivity index (χ1v) is 9.50. The van der Waals surface area contributed by atoms with Gasteiger partial charge in [0.1, 0.15) is 4.90 Å². The summed E-state index contributed by atoms with van der Waals surface area (Å²) in [6.45, 7) is -0.247. The lowest BCUT2D eigenvalue weighted by Gasteiger charge is -2.24. The fraction of sp³-hybridized carbons (Fsp3) is 0.438. The van der Waals surface area contributed by atoms with Gasteiger partial charge >= 0.3 is 0 Å². The van der Waals surface area contributed by atoms with E-state index in [4.69, 9.17) is 0 Å². The molecule has 0 spiro atoms. The highest BCUT2D eigenvalue weighted by molar-refractivity contribution is 7.89. The van der Waals surface area contributed by atoms with Gasteiger partial charge in [0.05, 0.1) is 18.3 Å². The maximum atomic E-state index is 12.5. The fourth-order valence-electron chi connectivity index (χ4n) is 3.02. The molecule has 2 heterocycles. The molecule has 0 fully saturated rings. The molecule has 0 aliphatic heterocycles. The predicted octanol–water partition coefficient (Wildman–Crippen LogP) is 0.629. The van der Waals surface area contributed by atoms with Crippen LogP contribution < -0.4 is 5.32 Å². The molecule has 1 aliphatic carbocycles. The van der Waals surface area contributed by atoms with E-state index in [2.05, 4.69) is 15.4 Å². The lowest BCUT2D eigenvalue weighted by molar-refractivity contribution is -0.122. The van der Waals surface area contributed by atoms with Crippen LogP contribution in [0.1, 0.15) is 30.1 Å². The Balaban J connectivity index is 1.67. The minimum absolute atomic E-state index is 0.0671. The zero-order valence-electron chi connectivity index (χ0n) is 14.2. The molecule has 1 aliphatic rings. The number of nitrogens with zero attached hydrogens (tertiary/aromatic N) is 4. The highest BCUT2D eigenvalue weighted by Gasteiger charge is 2.27. The van der Waals surface area contributed by atoms with Crippen LogP contribution in [0.5, 0.6) is 0 Å². The van der Waals surface area contributed by atoms with Crippen molar-refractivity contribution in [2.24, 2.45) is 7.05 Å². The van der Waals surface area contributed by atoms with E-state index in [9.17, 15) is 13.2 Å². The van der Waals surface area contributed by atoms with Crippen LogP contribution in [-0.2, 0) is 28.3 Å². The Hall–Kier alpha value is -2.26. The number of pyridine rings is 1. The van der Waals surface area contributed by atoms with E-state index in [0.717, 1.165) is 34.8 Å². The number of aryl methyl sites for hydroxylation is 2. The maximum absolute atomic E-state index is 12.5. The molecule has 9 heteroatoms. The number of sulfonamides is 1. The Bertz CT molecular complexity index is 863. The van der Waals surface area contributed by atoms with Gasteiger partial charge in [-0.3, -0.25) is 14.5 Å². The van der Waals surface area contributed by atoms with Crippen molar-refractivity contribution in [3.8, 4) is 0 Å². The Kier molecular flexibility index (Phi) is 4.87. The van der Waals surface area contributed by atoms with E-state index in [1.54, 1.807) is 10.7 Å². The highest BCUT2D eigenvalue weighted by atomic mass is 32.2. The summed E-state index contributed by atoms with van der Waals surface area (Å²) in [6.07, 6.45) is 7.35. The summed E-state index contributed by atoms with van der Waals surface area (Å²) >= 11 is 0. The Morgan fingerprint density at radius 1 is 1.48 bits per heavy atom. The molecule has 0 aromatic carbocycles. The first kappa shape index (κ1) is 17.6. The van der Waals surface area contributed by atoms with Crippen LogP contribution in [0.3, 0.4) is 0 Å². The molecule has 2 aromatic rings. The zero-order valence-corrected chi connectivity index (χ0v) is 15.0. The standard InChI is InChI=1S/C16H21N5O3S/c1-20-10-13-14(6-3-7-15(13)19-20)18-16(22)11-21(2)25(23,24)12-5-4-8-17-9-12/h4-5,8-10,14H,3,6-7,11H2,1-2H3,(H,18,22)/t14-/m0/s1. The molecule has 2 aromatic heterocycles. The van der Waals surface area contributed by atoms with Gasteiger partial charge in [-0.25, -0.2) is 8.42 Å². The van der Waals surface area contributed by atoms with Gasteiger partial charge in [-0.15, -0.1) is 0 Å². The predicted molar refractivity (Wildman–Crippen MR) is 91.1 cm³/mol. The number of fused-ring (bicyclic) bond motifs is 1. The Morgan fingerprint density at radius 2 is 2.28 bits per heavy atom. The van der Waals surface area contributed by atoms with Gasteiger partial charge in [0.25, 0.3) is 0 Å². The smallest absolute Gasteiger partial charge is 0.244 e. The van der Waals surface area contributed by atoms with Gasteiger partial charge < -0.3 is 5.32 Å². The molecule has 0 saturated carbocycles. The number of aromatic nitrogens is 3. The van der Waals surface area contributed by atoms with Crippen LogP contribution in [0.25, 0.3) is 0 Å². The summed E-state index contributed by atoms with van der Waals surface area (Å²) < 4.78 is 27.7. The van der Waals surface area contributed by atoms with Gasteiger partial charge in [0.15, 0.2) is 0 Å². The van der Waals surface area contributed by atoms with Gasteiger partial charge in [0.2, 0.25) is 15.9 Å². The summed E-state index contributed by atoms with van der Waals surface area (Å²) in [5.41, 5.74) is 2.01. The number of hydrogen-bond acceptors (Lipinski definition) is 5. The molecule has 1 N–H and O–H groups in total. The van der Waals surface area contributed by atoms with Crippen molar-refractivity contribution in [3.05, 3.63) is 42.0 Å². The molecule has 25 heavy (non-hydrogen) atoms. The second-order valence-corrected chi connectivity index (χ2v) is 8.21. The molecule has 1 amide bonds. The van der Waals surface area contributed by atoms with E-state index in [1.165, 1.54) is 25.5 Å². The molecule has 0 saturated heterocycles. The summed E-state index contributed by atoms with van der Waals surface area (Å²) in [4.78, 5) is 16.2. The van der Waals surface area contributed by atoms with E-state index in [1.807, 2.05) is 13.2 Å². The van der Waals surface area contributed by atoms with E-state index in [-0.39, 0.29) is 23.4 Å². The Labute approximate surface area is 146 Å². The quantitative estimate of drug-likeness (QED) is 0.840. The molecule has 3 rings (SSSR count). The number of nitrogens with one attached hydrogen (secondary N) is 1. The van der Waals surface area contributed by atoms with E-state index in [0.29, 0.717) is 0 Å². The minimum Gasteiger partial charge on any atom is -0.348 e. The van der Waals surface area contributed by atoms with Crippen LogP contribution in [0, 0.1) is 0 Å². The molecule has 1 atom stereocenters. The third-order valence-corrected chi connectivity index (χ3v) is 6.05. The van der Waals surface area contributed by atoms with Gasteiger partial charge in [0, 0.05) is 38.2 Å². The summed E-state index contributed by atoms with van der Waals surface area (Å²) in [6, 6.07) is 2.88. The first-order chi connectivity index (χ1) is 11.9. The van der Waals surface area contributed by atoms with Crippen molar-refractivity contribution >= 4 is 15.9 Å². The van der Waals surface area contributed by atoms with Gasteiger partial charge in [-0.2, -0.15) is 9.40 Å². The van der Waals surface area contributed by atoms with Gasteiger partial charge in [-0.1, -0.05) is 0 Å². The van der Waals surface area contributed by atoms with E-state index < -0.39 is 10.0 Å². The largest absolute Gasteiger partial charge is 0.348 e. The average molecular weight is 363 g/mol. The number of carbonyl (C=O) groups excluding carboxylic acids is 1. The number of rotatable bonds is 5. The fourth-order valence-corrected chi connectivity index (χ4v) is 4.12. The monoisotopic (exact) mass is 363 g/mol. The number of hydrogen-bond donors (Lipinski definition) is 1. The van der Waals surface area contributed by atoms with Crippen molar-refractivity contribution in [1.82, 2.24) is 24.4 Å². The average Bonchev–Trinajstić information content (AvgIpc) is 2.97. The highest BCUT2D eigenvalue weighted by Crippen LogP contribution is 2.28.